The van der Waals surface area contributed by atoms with Crippen molar-refractivity contribution in [2.24, 2.45) is 0 Å². The Morgan fingerprint density at radius 3 is 2.62 bits per heavy atom. The van der Waals surface area contributed by atoms with Crippen LogP contribution >= 0.6 is 39.1 Å². The summed E-state index contributed by atoms with van der Waals surface area (Å²) in [7, 11) is 0. The van der Waals surface area contributed by atoms with Gasteiger partial charge in [0.05, 0.1) is 15.4 Å². The minimum Gasteiger partial charge on any atom is -0.505 e. The fourth-order valence-electron chi connectivity index (χ4n) is 0.828. The van der Waals surface area contributed by atoms with Gasteiger partial charge in [0.2, 0.25) is 0 Å². The molecule has 5 heteroatoms. The van der Waals surface area contributed by atoms with Crippen molar-refractivity contribution in [3.63, 3.8) is 0 Å². The van der Waals surface area contributed by atoms with Crippen LogP contribution < -0.4 is 0 Å². The molecule has 0 amide bonds. The monoisotopic (exact) mass is 282 g/mol. The first kappa shape index (κ1) is 10.8. The molecule has 0 aliphatic rings. The average Bonchev–Trinajstić information content (AvgIpc) is 2.13. The predicted molar refractivity (Wildman–Crippen MR) is 56.3 cm³/mol. The molecule has 13 heavy (non-hydrogen) atoms. The number of phenols is 1. The van der Waals surface area contributed by atoms with Crippen molar-refractivity contribution in [2.45, 2.75) is 0 Å². The fourth-order valence-corrected chi connectivity index (χ4v) is 1.61. The SMILES string of the molecule is O=C(CBr)c1ccc(Cl)c(O)c1Cl. The molecule has 1 N–H and O–H groups in total. The van der Waals surface area contributed by atoms with Crippen molar-refractivity contribution in [1.82, 2.24) is 0 Å². The lowest BCUT2D eigenvalue weighted by atomic mass is 10.1. The van der Waals surface area contributed by atoms with E-state index in [9.17, 15) is 9.90 Å². The van der Waals surface area contributed by atoms with Gasteiger partial charge in [-0.15, -0.1) is 0 Å². The molecule has 0 saturated carbocycles. The van der Waals surface area contributed by atoms with E-state index in [1.807, 2.05) is 0 Å². The summed E-state index contributed by atoms with van der Waals surface area (Å²) in [5.41, 5.74) is 0.264. The number of rotatable bonds is 2. The van der Waals surface area contributed by atoms with Gasteiger partial charge in [-0.1, -0.05) is 39.1 Å². The number of Topliss-reactive ketones (excluding diaryl/α,β-unsaturated/α-hetero) is 1. The predicted octanol–water partition coefficient (Wildman–Crippen LogP) is 3.28. The van der Waals surface area contributed by atoms with Crippen molar-refractivity contribution >= 4 is 44.9 Å². The number of alkyl halides is 1. The molecule has 0 saturated heterocycles. The number of ketones is 1. The van der Waals surface area contributed by atoms with Crippen LogP contribution in [0.1, 0.15) is 10.4 Å². The quantitative estimate of drug-likeness (QED) is 0.668. The first-order chi connectivity index (χ1) is 6.07. The Kier molecular flexibility index (Phi) is 3.59. The van der Waals surface area contributed by atoms with E-state index in [-0.39, 0.29) is 32.5 Å². The number of hydrogen-bond acceptors (Lipinski definition) is 2. The molecule has 1 rings (SSSR count). The Labute approximate surface area is 93.6 Å². The summed E-state index contributed by atoms with van der Waals surface area (Å²) in [6, 6.07) is 2.91. The van der Waals surface area contributed by atoms with Gasteiger partial charge in [-0.3, -0.25) is 4.79 Å². The van der Waals surface area contributed by atoms with E-state index in [2.05, 4.69) is 15.9 Å². The number of carbonyl (C=O) groups excluding carboxylic acids is 1. The van der Waals surface area contributed by atoms with E-state index >= 15 is 0 Å². The third kappa shape index (κ3) is 2.16. The molecule has 0 fully saturated rings. The van der Waals surface area contributed by atoms with Gasteiger partial charge in [-0.2, -0.15) is 0 Å². The fraction of sp³-hybridized carbons (Fsp3) is 0.125. The van der Waals surface area contributed by atoms with Crippen LogP contribution in [-0.2, 0) is 0 Å². The topological polar surface area (TPSA) is 37.3 Å². The molecule has 70 valence electrons. The van der Waals surface area contributed by atoms with Crippen LogP contribution in [0.2, 0.25) is 10.0 Å². The van der Waals surface area contributed by atoms with Crippen molar-refractivity contribution in [1.29, 1.82) is 0 Å². The Hall–Kier alpha value is -0.250. The van der Waals surface area contributed by atoms with E-state index in [1.54, 1.807) is 0 Å². The molecule has 0 bridgehead atoms. The summed E-state index contributed by atoms with van der Waals surface area (Å²) in [5, 5.41) is 9.59. The highest BCUT2D eigenvalue weighted by Gasteiger charge is 2.14. The van der Waals surface area contributed by atoms with Gasteiger partial charge < -0.3 is 5.11 Å². The van der Waals surface area contributed by atoms with E-state index in [0.29, 0.717) is 0 Å². The Morgan fingerprint density at radius 1 is 1.46 bits per heavy atom. The Bertz CT molecular complexity index is 352. The molecule has 0 aliphatic heterocycles. The molecule has 0 radical (unpaired) electrons. The van der Waals surface area contributed by atoms with Crippen molar-refractivity contribution in [3.8, 4) is 5.75 Å². The second-order valence-electron chi connectivity index (χ2n) is 2.31. The van der Waals surface area contributed by atoms with Crippen LogP contribution in [0.25, 0.3) is 0 Å². The highest BCUT2D eigenvalue weighted by molar-refractivity contribution is 9.09. The van der Waals surface area contributed by atoms with Crippen LogP contribution in [-0.4, -0.2) is 16.2 Å². The number of hydrogen-bond donors (Lipinski definition) is 1. The Morgan fingerprint density at radius 2 is 2.08 bits per heavy atom. The molecule has 2 nitrogen and oxygen atoms in total. The molecule has 0 atom stereocenters. The van der Waals surface area contributed by atoms with Crippen LogP contribution in [0, 0.1) is 0 Å². The minimum absolute atomic E-state index is 0.00282. The van der Waals surface area contributed by atoms with Gasteiger partial charge in [0.15, 0.2) is 11.5 Å². The van der Waals surface area contributed by atoms with E-state index in [1.165, 1.54) is 12.1 Å². The maximum absolute atomic E-state index is 11.2. The zero-order valence-electron chi connectivity index (χ0n) is 6.35. The third-order valence-corrected chi connectivity index (χ3v) is 2.69. The molecule has 0 aliphatic carbocycles. The molecule has 0 aromatic heterocycles. The molecular weight excluding hydrogens is 279 g/mol. The number of halogens is 3. The van der Waals surface area contributed by atoms with Crippen molar-refractivity contribution in [3.05, 3.63) is 27.7 Å². The van der Waals surface area contributed by atoms with E-state index < -0.39 is 0 Å². The molecule has 1 aromatic carbocycles. The lowest BCUT2D eigenvalue weighted by Gasteiger charge is -2.04. The molecule has 1 aromatic rings. The zero-order valence-corrected chi connectivity index (χ0v) is 9.45. The largest absolute Gasteiger partial charge is 0.505 e. The average molecular weight is 284 g/mol. The highest BCUT2D eigenvalue weighted by Crippen LogP contribution is 2.34. The van der Waals surface area contributed by atoms with Crippen molar-refractivity contribution in [2.75, 3.05) is 5.33 Å². The van der Waals surface area contributed by atoms with Gasteiger partial charge in [0, 0.05) is 5.56 Å². The number of benzene rings is 1. The maximum Gasteiger partial charge on any atom is 0.175 e. The summed E-state index contributed by atoms with van der Waals surface area (Å²) in [6.07, 6.45) is 0. The van der Waals surface area contributed by atoms with Crippen LogP contribution in [0.3, 0.4) is 0 Å². The lowest BCUT2D eigenvalue weighted by Crippen LogP contribution is -2.00. The second kappa shape index (κ2) is 4.31. The van der Waals surface area contributed by atoms with Gasteiger partial charge in [-0.05, 0) is 12.1 Å². The lowest BCUT2D eigenvalue weighted by molar-refractivity contribution is 0.102. The maximum atomic E-state index is 11.2. The number of carbonyl (C=O) groups is 1. The summed E-state index contributed by atoms with van der Waals surface area (Å²) in [5.74, 6) is -0.452. The standard InChI is InChI=1S/C8H5BrCl2O2/c9-3-6(12)4-1-2-5(10)8(13)7(4)11/h1-2,13H,3H2. The second-order valence-corrected chi connectivity index (χ2v) is 3.66. The van der Waals surface area contributed by atoms with E-state index in [4.69, 9.17) is 23.2 Å². The smallest absolute Gasteiger partial charge is 0.175 e. The molecule has 0 spiro atoms. The summed E-state index contributed by atoms with van der Waals surface area (Å²) in [6.45, 7) is 0. The first-order valence-corrected chi connectivity index (χ1v) is 5.21. The van der Waals surface area contributed by atoms with E-state index in [0.717, 1.165) is 0 Å². The van der Waals surface area contributed by atoms with Gasteiger partial charge in [-0.25, -0.2) is 0 Å². The van der Waals surface area contributed by atoms with Gasteiger partial charge in [0.1, 0.15) is 0 Å². The zero-order chi connectivity index (χ0) is 10.0. The van der Waals surface area contributed by atoms with Crippen LogP contribution in [0.15, 0.2) is 12.1 Å². The van der Waals surface area contributed by atoms with Gasteiger partial charge in [0.25, 0.3) is 0 Å². The number of aromatic hydroxyl groups is 1. The first-order valence-electron chi connectivity index (χ1n) is 3.34. The van der Waals surface area contributed by atoms with Crippen LogP contribution in [0.5, 0.6) is 5.75 Å². The summed E-state index contributed by atoms with van der Waals surface area (Å²) >= 11 is 14.3. The Balaban J connectivity index is 3.26. The molecule has 0 unspecified atom stereocenters. The number of phenolic OH excluding ortho intramolecular Hbond substituents is 1. The molecular formula is C8H5BrCl2O2. The molecule has 0 heterocycles. The summed E-state index contributed by atoms with van der Waals surface area (Å²) < 4.78 is 0. The highest BCUT2D eigenvalue weighted by atomic mass is 79.9. The normalized spacial score (nSPS) is 10.1. The minimum atomic E-state index is -0.255. The third-order valence-electron chi connectivity index (χ3n) is 1.49. The van der Waals surface area contributed by atoms with Crippen molar-refractivity contribution < 1.29 is 9.90 Å². The summed E-state index contributed by atoms with van der Waals surface area (Å²) in [4.78, 5) is 11.2. The van der Waals surface area contributed by atoms with Crippen LogP contribution in [0.4, 0.5) is 0 Å². The van der Waals surface area contributed by atoms with Gasteiger partial charge >= 0.3 is 0 Å².